The number of nitrogens with two attached hydrogens (primary N) is 1. The van der Waals surface area contributed by atoms with Crippen molar-refractivity contribution in [2.45, 2.75) is 20.3 Å². The fraction of sp³-hybridized carbons (Fsp3) is 0.929. The fourth-order valence-electron chi connectivity index (χ4n) is 1.49. The van der Waals surface area contributed by atoms with Gasteiger partial charge < -0.3 is 24.8 Å². The van der Waals surface area contributed by atoms with Gasteiger partial charge in [0, 0.05) is 26.1 Å². The molecule has 0 aromatic rings. The Hall–Kier alpha value is -0.690. The molecule has 6 heteroatoms. The smallest absolute Gasteiger partial charge is 0.225 e. The van der Waals surface area contributed by atoms with Gasteiger partial charge in [-0.2, -0.15) is 0 Å². The van der Waals surface area contributed by atoms with E-state index < -0.39 is 0 Å². The SMILES string of the molecule is CCC(C)C(=O)N(C)CCOCCOCCOCCN. The first-order valence-electron chi connectivity index (χ1n) is 7.31. The first-order valence-corrected chi connectivity index (χ1v) is 7.31. The Labute approximate surface area is 122 Å². The second-order valence-electron chi connectivity index (χ2n) is 4.69. The predicted molar refractivity (Wildman–Crippen MR) is 78.6 cm³/mol. The van der Waals surface area contributed by atoms with Crippen molar-refractivity contribution >= 4 is 5.91 Å². The van der Waals surface area contributed by atoms with Gasteiger partial charge in [-0.3, -0.25) is 4.79 Å². The van der Waals surface area contributed by atoms with Crippen LogP contribution in [0.15, 0.2) is 0 Å². The first-order chi connectivity index (χ1) is 9.63. The Balaban J connectivity index is 3.33. The number of rotatable bonds is 13. The number of ether oxygens (including phenoxy) is 3. The Morgan fingerprint density at radius 2 is 1.55 bits per heavy atom. The third kappa shape index (κ3) is 10.1. The van der Waals surface area contributed by atoms with E-state index in [1.807, 2.05) is 20.9 Å². The largest absolute Gasteiger partial charge is 0.378 e. The minimum absolute atomic E-state index is 0.0804. The van der Waals surface area contributed by atoms with Crippen LogP contribution >= 0.6 is 0 Å². The fourth-order valence-corrected chi connectivity index (χ4v) is 1.49. The highest BCUT2D eigenvalue weighted by atomic mass is 16.5. The summed E-state index contributed by atoms with van der Waals surface area (Å²) >= 11 is 0. The molecular weight excluding hydrogens is 260 g/mol. The molecule has 0 heterocycles. The number of carbonyl (C=O) groups excluding carboxylic acids is 1. The van der Waals surface area contributed by atoms with Crippen LogP contribution in [-0.2, 0) is 19.0 Å². The average Bonchev–Trinajstić information content (AvgIpc) is 2.47. The van der Waals surface area contributed by atoms with E-state index >= 15 is 0 Å². The molecule has 0 aliphatic carbocycles. The summed E-state index contributed by atoms with van der Waals surface area (Å²) in [4.78, 5) is 13.5. The van der Waals surface area contributed by atoms with E-state index in [4.69, 9.17) is 19.9 Å². The van der Waals surface area contributed by atoms with E-state index in [0.717, 1.165) is 6.42 Å². The summed E-state index contributed by atoms with van der Waals surface area (Å²) < 4.78 is 15.9. The molecule has 0 aliphatic heterocycles. The first kappa shape index (κ1) is 19.3. The van der Waals surface area contributed by atoms with Crippen molar-refractivity contribution in [1.82, 2.24) is 4.90 Å². The van der Waals surface area contributed by atoms with Gasteiger partial charge in [-0.15, -0.1) is 0 Å². The third-order valence-corrected chi connectivity index (χ3v) is 2.99. The maximum absolute atomic E-state index is 11.8. The molecule has 0 fully saturated rings. The van der Waals surface area contributed by atoms with Crippen molar-refractivity contribution in [2.75, 3.05) is 59.8 Å². The van der Waals surface area contributed by atoms with Gasteiger partial charge in [0.2, 0.25) is 5.91 Å². The predicted octanol–water partition coefficient (Wildman–Crippen LogP) is 0.499. The van der Waals surface area contributed by atoms with Crippen molar-refractivity contribution in [1.29, 1.82) is 0 Å². The summed E-state index contributed by atoms with van der Waals surface area (Å²) in [5, 5.41) is 0. The second kappa shape index (κ2) is 13.3. The van der Waals surface area contributed by atoms with Crippen LogP contribution in [0.3, 0.4) is 0 Å². The standard InChI is InChI=1S/C14H30N2O4/c1-4-13(2)14(17)16(3)6-8-19-10-12-20-11-9-18-7-5-15/h13H,4-12,15H2,1-3H3. The summed E-state index contributed by atoms with van der Waals surface area (Å²) in [5.41, 5.74) is 5.28. The zero-order chi connectivity index (χ0) is 15.2. The Kier molecular flexibility index (Phi) is 12.8. The lowest BCUT2D eigenvalue weighted by Gasteiger charge is -2.20. The summed E-state index contributed by atoms with van der Waals surface area (Å²) in [6.07, 6.45) is 0.865. The Morgan fingerprint density at radius 1 is 1.05 bits per heavy atom. The highest BCUT2D eigenvalue weighted by Crippen LogP contribution is 2.04. The Morgan fingerprint density at radius 3 is 2.05 bits per heavy atom. The Bertz CT molecular complexity index is 239. The lowest BCUT2D eigenvalue weighted by atomic mass is 10.1. The van der Waals surface area contributed by atoms with Crippen LogP contribution in [0.2, 0.25) is 0 Å². The molecule has 0 aromatic carbocycles. The second-order valence-corrected chi connectivity index (χ2v) is 4.69. The van der Waals surface area contributed by atoms with E-state index in [1.54, 1.807) is 4.90 Å². The van der Waals surface area contributed by atoms with Crippen molar-refractivity contribution in [3.63, 3.8) is 0 Å². The molecule has 1 atom stereocenters. The summed E-state index contributed by atoms with van der Waals surface area (Å²) in [7, 11) is 1.81. The maximum Gasteiger partial charge on any atom is 0.225 e. The van der Waals surface area contributed by atoms with Gasteiger partial charge in [-0.1, -0.05) is 13.8 Å². The number of nitrogens with zero attached hydrogens (tertiary/aromatic N) is 1. The molecule has 0 saturated heterocycles. The number of hydrogen-bond donors (Lipinski definition) is 1. The maximum atomic E-state index is 11.8. The van der Waals surface area contributed by atoms with E-state index in [2.05, 4.69) is 0 Å². The highest BCUT2D eigenvalue weighted by molar-refractivity contribution is 5.78. The molecule has 6 nitrogen and oxygen atoms in total. The van der Waals surface area contributed by atoms with Gasteiger partial charge in [0.25, 0.3) is 0 Å². The number of carbonyl (C=O) groups is 1. The van der Waals surface area contributed by atoms with Crippen LogP contribution in [0.25, 0.3) is 0 Å². The molecular formula is C14H30N2O4. The summed E-state index contributed by atoms with van der Waals surface area (Å²) in [6, 6.07) is 0. The van der Waals surface area contributed by atoms with Crippen molar-refractivity contribution in [3.05, 3.63) is 0 Å². The number of hydrogen-bond acceptors (Lipinski definition) is 5. The molecule has 2 N–H and O–H groups in total. The van der Waals surface area contributed by atoms with Gasteiger partial charge in [0.05, 0.1) is 39.6 Å². The van der Waals surface area contributed by atoms with E-state index in [1.165, 1.54) is 0 Å². The van der Waals surface area contributed by atoms with Crippen molar-refractivity contribution in [3.8, 4) is 0 Å². The van der Waals surface area contributed by atoms with Crippen LogP contribution in [-0.4, -0.2) is 70.6 Å². The van der Waals surface area contributed by atoms with E-state index in [0.29, 0.717) is 52.7 Å². The topological polar surface area (TPSA) is 74.0 Å². The van der Waals surface area contributed by atoms with Crippen LogP contribution in [0, 0.1) is 5.92 Å². The van der Waals surface area contributed by atoms with Crippen LogP contribution in [0.5, 0.6) is 0 Å². The van der Waals surface area contributed by atoms with Gasteiger partial charge in [-0.05, 0) is 6.42 Å². The molecule has 20 heavy (non-hydrogen) atoms. The summed E-state index contributed by atoms with van der Waals surface area (Å²) in [5.74, 6) is 0.251. The summed E-state index contributed by atoms with van der Waals surface area (Å²) in [6.45, 7) is 8.38. The number of likely N-dealkylation sites (N-methyl/N-ethyl adjacent to an activating group) is 1. The van der Waals surface area contributed by atoms with Crippen molar-refractivity contribution in [2.24, 2.45) is 11.7 Å². The minimum Gasteiger partial charge on any atom is -0.378 e. The molecule has 0 aliphatic rings. The lowest BCUT2D eigenvalue weighted by Crippen LogP contribution is -2.34. The molecule has 0 radical (unpaired) electrons. The highest BCUT2D eigenvalue weighted by Gasteiger charge is 2.14. The number of amides is 1. The molecule has 0 rings (SSSR count). The third-order valence-electron chi connectivity index (χ3n) is 2.99. The van der Waals surface area contributed by atoms with Crippen LogP contribution in [0.1, 0.15) is 20.3 Å². The van der Waals surface area contributed by atoms with Gasteiger partial charge in [0.1, 0.15) is 0 Å². The minimum atomic E-state index is 0.0804. The van der Waals surface area contributed by atoms with Gasteiger partial charge in [0.15, 0.2) is 0 Å². The monoisotopic (exact) mass is 290 g/mol. The zero-order valence-electron chi connectivity index (χ0n) is 13.1. The molecule has 0 bridgehead atoms. The molecule has 0 saturated carbocycles. The van der Waals surface area contributed by atoms with Crippen LogP contribution in [0.4, 0.5) is 0 Å². The van der Waals surface area contributed by atoms with Crippen molar-refractivity contribution < 1.29 is 19.0 Å². The lowest BCUT2D eigenvalue weighted by molar-refractivity contribution is -0.134. The molecule has 120 valence electrons. The normalized spacial score (nSPS) is 12.4. The molecule has 1 amide bonds. The average molecular weight is 290 g/mol. The molecule has 0 spiro atoms. The van der Waals surface area contributed by atoms with Gasteiger partial charge >= 0.3 is 0 Å². The van der Waals surface area contributed by atoms with Gasteiger partial charge in [-0.25, -0.2) is 0 Å². The van der Waals surface area contributed by atoms with E-state index in [9.17, 15) is 4.79 Å². The quantitative estimate of drug-likeness (QED) is 0.500. The van der Waals surface area contributed by atoms with Crippen LogP contribution < -0.4 is 5.73 Å². The zero-order valence-corrected chi connectivity index (χ0v) is 13.1. The molecule has 0 aromatic heterocycles. The molecule has 1 unspecified atom stereocenters. The van der Waals surface area contributed by atoms with E-state index in [-0.39, 0.29) is 11.8 Å².